The average molecular weight is 556 g/mol. The predicted octanol–water partition coefficient (Wildman–Crippen LogP) is 3.97. The predicted molar refractivity (Wildman–Crippen MR) is 151 cm³/mol. The van der Waals surface area contributed by atoms with Crippen LogP contribution in [0.5, 0.6) is 0 Å². The Bertz CT molecular complexity index is 1640. The Balaban J connectivity index is 1.44. The Hall–Kier alpha value is -4.82. The van der Waals surface area contributed by atoms with Gasteiger partial charge in [0, 0.05) is 31.4 Å². The van der Waals surface area contributed by atoms with E-state index in [1.54, 1.807) is 16.6 Å². The first-order valence-electron chi connectivity index (χ1n) is 13.3. The van der Waals surface area contributed by atoms with Crippen LogP contribution in [0, 0.1) is 11.3 Å². The number of nitriles is 1. The molecule has 1 aromatic carbocycles. The van der Waals surface area contributed by atoms with Gasteiger partial charge < -0.3 is 20.6 Å². The number of benzene rings is 1. The number of hydrogen-bond acceptors (Lipinski definition) is 7. The standard InChI is InChI=1S/C30H30FN7O3/c1-30(2,41)27(31)17-34-29(40)23-16-33-25(26-10-9-22-12-20(14-32)15-35-38(22)26)13-24(23)36-21-7-5-19(6-8-21)18-37-11-3-4-28(37)39/h5-10,12-13,15-16,27,41H,3-4,11,17-18H2,1-2H3,(H,33,36)(H,34,40)/t27-/m1/s1. The quantitative estimate of drug-likeness (QED) is 0.284. The first-order valence-corrected chi connectivity index (χ1v) is 13.3. The Labute approximate surface area is 236 Å². The minimum atomic E-state index is -1.67. The summed E-state index contributed by atoms with van der Waals surface area (Å²) in [7, 11) is 0. The number of nitrogens with one attached hydrogen (secondary N) is 2. The van der Waals surface area contributed by atoms with E-state index < -0.39 is 17.7 Å². The Kier molecular flexibility index (Phi) is 7.68. The van der Waals surface area contributed by atoms with Gasteiger partial charge >= 0.3 is 0 Å². The third-order valence-electron chi connectivity index (χ3n) is 7.03. The third kappa shape index (κ3) is 6.18. The van der Waals surface area contributed by atoms with Crippen molar-refractivity contribution in [3.05, 3.63) is 77.6 Å². The van der Waals surface area contributed by atoms with Crippen molar-refractivity contribution in [2.45, 2.75) is 45.0 Å². The third-order valence-corrected chi connectivity index (χ3v) is 7.03. The number of hydrogen-bond donors (Lipinski definition) is 3. The average Bonchev–Trinajstić information content (AvgIpc) is 3.57. The van der Waals surface area contributed by atoms with Gasteiger partial charge in [0.2, 0.25) is 5.91 Å². The minimum Gasteiger partial charge on any atom is -0.387 e. The van der Waals surface area contributed by atoms with Crippen molar-refractivity contribution in [3.63, 3.8) is 0 Å². The van der Waals surface area contributed by atoms with Crippen molar-refractivity contribution in [3.8, 4) is 17.5 Å². The maximum Gasteiger partial charge on any atom is 0.255 e. The SMILES string of the molecule is CC(C)(O)[C@H](F)CNC(=O)c1cnc(-c2ccc3cc(C#N)cnn23)cc1Nc1ccc(CN2CCCC2=O)cc1. The van der Waals surface area contributed by atoms with E-state index in [1.165, 1.54) is 26.2 Å². The molecule has 5 rings (SSSR count). The van der Waals surface area contributed by atoms with Crippen LogP contribution < -0.4 is 10.6 Å². The molecule has 0 unspecified atom stereocenters. The summed E-state index contributed by atoms with van der Waals surface area (Å²) in [6.45, 7) is 3.60. The van der Waals surface area contributed by atoms with E-state index in [0.29, 0.717) is 46.8 Å². The second-order valence-electron chi connectivity index (χ2n) is 10.6. The summed E-state index contributed by atoms with van der Waals surface area (Å²) in [6.07, 6.45) is 2.66. The lowest BCUT2D eigenvalue weighted by Gasteiger charge is -2.22. The van der Waals surface area contributed by atoms with E-state index in [2.05, 4.69) is 26.8 Å². The molecule has 1 atom stereocenters. The van der Waals surface area contributed by atoms with Crippen molar-refractivity contribution >= 4 is 28.7 Å². The van der Waals surface area contributed by atoms with Gasteiger partial charge in [0.1, 0.15) is 12.2 Å². The van der Waals surface area contributed by atoms with Gasteiger partial charge in [-0.1, -0.05) is 12.1 Å². The largest absolute Gasteiger partial charge is 0.387 e. The molecule has 3 aromatic heterocycles. The molecule has 0 bridgehead atoms. The summed E-state index contributed by atoms with van der Waals surface area (Å²) >= 11 is 0. The van der Waals surface area contributed by atoms with E-state index in [1.807, 2.05) is 41.3 Å². The van der Waals surface area contributed by atoms with E-state index in [0.717, 1.165) is 18.5 Å². The lowest BCUT2D eigenvalue weighted by atomic mass is 10.0. The van der Waals surface area contributed by atoms with Gasteiger partial charge in [0.15, 0.2) is 0 Å². The van der Waals surface area contributed by atoms with E-state index in [-0.39, 0.29) is 18.0 Å². The first-order chi connectivity index (χ1) is 19.6. The van der Waals surface area contributed by atoms with Gasteiger partial charge in [-0.25, -0.2) is 8.91 Å². The fourth-order valence-electron chi connectivity index (χ4n) is 4.60. The van der Waals surface area contributed by atoms with Crippen LogP contribution in [-0.4, -0.2) is 61.3 Å². The maximum atomic E-state index is 14.3. The van der Waals surface area contributed by atoms with E-state index in [4.69, 9.17) is 0 Å². The topological polar surface area (TPSA) is 136 Å². The van der Waals surface area contributed by atoms with Crippen LogP contribution in [-0.2, 0) is 11.3 Å². The number of aliphatic hydroxyl groups is 1. The molecule has 10 nitrogen and oxygen atoms in total. The summed E-state index contributed by atoms with van der Waals surface area (Å²) in [6, 6.07) is 16.7. The molecule has 1 fully saturated rings. The number of anilines is 2. The molecule has 1 aliphatic rings. The van der Waals surface area contributed by atoms with Crippen molar-refractivity contribution in [2.24, 2.45) is 0 Å². The smallest absolute Gasteiger partial charge is 0.255 e. The zero-order chi connectivity index (χ0) is 29.1. The van der Waals surface area contributed by atoms with Gasteiger partial charge in [0.25, 0.3) is 5.91 Å². The fourth-order valence-corrected chi connectivity index (χ4v) is 4.60. The fraction of sp³-hybridized carbons (Fsp3) is 0.300. The molecule has 0 aliphatic carbocycles. The number of likely N-dealkylation sites (tertiary alicyclic amines) is 1. The van der Waals surface area contributed by atoms with Crippen molar-refractivity contribution in [1.29, 1.82) is 5.26 Å². The van der Waals surface area contributed by atoms with Crippen LogP contribution in [0.3, 0.4) is 0 Å². The molecular weight excluding hydrogens is 525 g/mol. The molecule has 41 heavy (non-hydrogen) atoms. The molecule has 11 heteroatoms. The molecule has 0 radical (unpaired) electrons. The second kappa shape index (κ2) is 11.3. The first kappa shape index (κ1) is 27.7. The number of alkyl halides is 1. The lowest BCUT2D eigenvalue weighted by Crippen LogP contribution is -2.42. The van der Waals surface area contributed by atoms with Crippen LogP contribution in [0.2, 0.25) is 0 Å². The zero-order valence-electron chi connectivity index (χ0n) is 22.8. The molecular formula is C30H30FN7O3. The highest BCUT2D eigenvalue weighted by Crippen LogP contribution is 2.28. The highest BCUT2D eigenvalue weighted by molar-refractivity contribution is 6.00. The van der Waals surface area contributed by atoms with Crippen molar-refractivity contribution in [2.75, 3.05) is 18.4 Å². The molecule has 2 amide bonds. The van der Waals surface area contributed by atoms with Crippen molar-refractivity contribution < 1.29 is 19.1 Å². The van der Waals surface area contributed by atoms with Gasteiger partial charge in [-0.3, -0.25) is 14.6 Å². The van der Waals surface area contributed by atoms with Crippen molar-refractivity contribution in [1.82, 2.24) is 24.8 Å². The van der Waals surface area contributed by atoms with Crippen LogP contribution >= 0.6 is 0 Å². The maximum absolute atomic E-state index is 14.3. The lowest BCUT2D eigenvalue weighted by molar-refractivity contribution is -0.128. The van der Waals surface area contributed by atoms with Crippen LogP contribution in [0.1, 0.15) is 48.2 Å². The molecule has 4 heterocycles. The highest BCUT2D eigenvalue weighted by atomic mass is 19.1. The number of amides is 2. The molecule has 1 aliphatic heterocycles. The normalized spacial score (nSPS) is 14.2. The number of fused-ring (bicyclic) bond motifs is 1. The van der Waals surface area contributed by atoms with Gasteiger partial charge in [-0.2, -0.15) is 10.4 Å². The summed E-state index contributed by atoms with van der Waals surface area (Å²) in [4.78, 5) is 31.4. The number of aromatic nitrogens is 3. The van der Waals surface area contributed by atoms with Crippen LogP contribution in [0.4, 0.5) is 15.8 Å². The highest BCUT2D eigenvalue weighted by Gasteiger charge is 2.27. The Morgan fingerprint density at radius 1 is 1.20 bits per heavy atom. The molecule has 4 aromatic rings. The summed E-state index contributed by atoms with van der Waals surface area (Å²) in [5, 5.41) is 29.3. The monoisotopic (exact) mass is 555 g/mol. The molecule has 0 spiro atoms. The van der Waals surface area contributed by atoms with Gasteiger partial charge in [0.05, 0.1) is 52.1 Å². The van der Waals surface area contributed by atoms with Gasteiger partial charge in [-0.05, 0) is 62.2 Å². The van der Waals surface area contributed by atoms with E-state index >= 15 is 0 Å². The zero-order valence-corrected chi connectivity index (χ0v) is 22.8. The number of carbonyl (C=O) groups excluding carboxylic acids is 2. The van der Waals surface area contributed by atoms with Gasteiger partial charge in [-0.15, -0.1) is 0 Å². The Morgan fingerprint density at radius 2 is 1.98 bits per heavy atom. The number of pyridine rings is 1. The summed E-state index contributed by atoms with van der Waals surface area (Å²) in [5.41, 5.74) is 3.00. The molecule has 3 N–H and O–H groups in total. The molecule has 1 saturated heterocycles. The van der Waals surface area contributed by atoms with Crippen LogP contribution in [0.25, 0.3) is 16.9 Å². The molecule has 0 saturated carbocycles. The van der Waals surface area contributed by atoms with Crippen LogP contribution in [0.15, 0.2) is 60.9 Å². The number of halogens is 1. The number of rotatable bonds is 9. The summed E-state index contributed by atoms with van der Waals surface area (Å²) < 4.78 is 16.0. The molecule has 210 valence electrons. The minimum absolute atomic E-state index is 0.156. The number of nitrogens with zero attached hydrogens (tertiary/aromatic N) is 5. The number of carbonyl (C=O) groups is 2. The second-order valence-corrected chi connectivity index (χ2v) is 10.6. The summed E-state index contributed by atoms with van der Waals surface area (Å²) in [5.74, 6) is -0.400. The Morgan fingerprint density at radius 3 is 2.66 bits per heavy atom. The van der Waals surface area contributed by atoms with E-state index in [9.17, 15) is 24.3 Å².